The molecule has 0 saturated carbocycles. The van der Waals surface area contributed by atoms with E-state index in [1.807, 2.05) is 13.8 Å². The van der Waals surface area contributed by atoms with Crippen LogP contribution in [0.2, 0.25) is 10.0 Å². The molecule has 0 bridgehead atoms. The maximum atomic E-state index is 16.0. The zero-order valence-corrected chi connectivity index (χ0v) is 28.7. The van der Waals surface area contributed by atoms with Crippen LogP contribution in [0.5, 0.6) is 0 Å². The van der Waals surface area contributed by atoms with Gasteiger partial charge in [-0.15, -0.1) is 0 Å². The van der Waals surface area contributed by atoms with Crippen LogP contribution in [-0.4, -0.2) is 41.1 Å². The van der Waals surface area contributed by atoms with Gasteiger partial charge in [-0.2, -0.15) is 0 Å². The van der Waals surface area contributed by atoms with E-state index in [0.717, 1.165) is 30.5 Å². The average molecular weight is 706 g/mol. The maximum Gasteiger partial charge on any atom is 0.331 e. The van der Waals surface area contributed by atoms with Gasteiger partial charge in [-0.05, 0) is 88.2 Å². The first-order chi connectivity index (χ1) is 21.7. The lowest BCUT2D eigenvalue weighted by atomic mass is 9.83. The summed E-state index contributed by atoms with van der Waals surface area (Å²) in [5.74, 6) is -2.82. The zero-order valence-electron chi connectivity index (χ0n) is 26.4. The van der Waals surface area contributed by atoms with Crippen LogP contribution < -0.4 is 0 Å². The number of halogens is 4. The number of hydrogen-bond donors (Lipinski definition) is 1. The number of carbonyl (C=O) groups excluding carboxylic acids is 2. The van der Waals surface area contributed by atoms with E-state index in [1.54, 1.807) is 32.0 Å². The number of ether oxygens (including phenoxy) is 1. The van der Waals surface area contributed by atoms with Crippen LogP contribution >= 0.6 is 23.2 Å². The molecule has 3 aromatic carbocycles. The van der Waals surface area contributed by atoms with Crippen LogP contribution in [-0.2, 0) is 41.8 Å². The number of sulfone groups is 1. The Morgan fingerprint density at radius 2 is 1.60 bits per heavy atom. The van der Waals surface area contributed by atoms with Gasteiger partial charge in [0.05, 0.1) is 21.7 Å². The minimum atomic E-state index is -4.04. The SMILES string of the molecule is CC(=O)/C=C/C(=O)OCc1c(F)cc(-c2ccc(-n3cc(C(C)(C)O)nc3C(C)(C)c3c(Cl)cccc3Cl)c(F)c2)cc1S(C)(=O)=O. The van der Waals surface area contributed by atoms with Crippen LogP contribution in [0.15, 0.2) is 71.8 Å². The number of ketones is 1. The first-order valence-electron chi connectivity index (χ1n) is 14.2. The number of nitrogens with zero attached hydrogens (tertiary/aromatic N) is 2. The number of esters is 1. The normalized spacial score (nSPS) is 12.5. The predicted molar refractivity (Wildman–Crippen MR) is 175 cm³/mol. The minimum absolute atomic E-state index is 0.0361. The fraction of sp³-hybridized carbons (Fsp3) is 0.265. The molecule has 8 nitrogen and oxygen atoms in total. The first kappa shape index (κ1) is 35.9. The van der Waals surface area contributed by atoms with Crippen molar-refractivity contribution < 1.29 is 36.6 Å². The summed E-state index contributed by atoms with van der Waals surface area (Å²) in [6.45, 7) is 7.21. The highest BCUT2D eigenvalue weighted by Crippen LogP contribution is 2.42. The van der Waals surface area contributed by atoms with Gasteiger partial charge in [0.2, 0.25) is 0 Å². The molecule has 1 aromatic heterocycles. The number of aromatic nitrogens is 2. The standard InChI is InChI=1S/C34H32Cl2F2N2O6S/c1-19(41)10-13-30(42)46-18-22-25(37)15-21(16-28(22)47(6,44)45)20-11-12-27(26(38)14-20)40-17-29(34(4,5)43)39-32(40)33(2,3)31-23(35)8-7-9-24(31)36/h7-17,43H,18H2,1-6H3/b13-10+. The molecule has 0 aliphatic rings. The summed E-state index contributed by atoms with van der Waals surface area (Å²) in [5.41, 5.74) is -1.75. The van der Waals surface area contributed by atoms with Gasteiger partial charge in [-0.1, -0.05) is 35.3 Å². The summed E-state index contributed by atoms with van der Waals surface area (Å²) >= 11 is 13.1. The number of rotatable bonds is 10. The molecule has 0 saturated heterocycles. The van der Waals surface area contributed by atoms with E-state index in [-0.39, 0.29) is 22.5 Å². The van der Waals surface area contributed by atoms with Crippen LogP contribution in [0.4, 0.5) is 8.78 Å². The van der Waals surface area contributed by atoms with Gasteiger partial charge in [-0.3, -0.25) is 9.36 Å². The molecule has 0 radical (unpaired) electrons. The molecular formula is C34H32Cl2F2N2O6S. The van der Waals surface area contributed by atoms with E-state index in [2.05, 4.69) is 4.98 Å². The molecule has 0 fully saturated rings. The Balaban J connectivity index is 1.82. The minimum Gasteiger partial charge on any atom is -0.457 e. The highest BCUT2D eigenvalue weighted by Gasteiger charge is 2.36. The van der Waals surface area contributed by atoms with E-state index in [0.29, 0.717) is 21.4 Å². The number of benzene rings is 3. The molecule has 0 aliphatic heterocycles. The lowest BCUT2D eigenvalue weighted by Gasteiger charge is -2.28. The largest absolute Gasteiger partial charge is 0.457 e. The molecule has 13 heteroatoms. The van der Waals surface area contributed by atoms with Gasteiger partial charge in [-0.25, -0.2) is 27.0 Å². The van der Waals surface area contributed by atoms with E-state index in [9.17, 15) is 23.1 Å². The Labute approximate surface area is 281 Å². The van der Waals surface area contributed by atoms with Gasteiger partial charge in [0.25, 0.3) is 0 Å². The second kappa shape index (κ2) is 13.3. The van der Waals surface area contributed by atoms with Crippen molar-refractivity contribution >= 4 is 44.8 Å². The van der Waals surface area contributed by atoms with Gasteiger partial charge in [0, 0.05) is 39.7 Å². The second-order valence-corrected chi connectivity index (χ2v) is 14.8. The van der Waals surface area contributed by atoms with Crippen molar-refractivity contribution in [3.63, 3.8) is 0 Å². The van der Waals surface area contributed by atoms with E-state index in [1.165, 1.54) is 35.9 Å². The lowest BCUT2D eigenvalue weighted by Crippen LogP contribution is -2.25. The summed E-state index contributed by atoms with van der Waals surface area (Å²) in [6, 6.07) is 11.2. The van der Waals surface area contributed by atoms with Crippen molar-refractivity contribution in [1.29, 1.82) is 0 Å². The molecule has 248 valence electrons. The fourth-order valence-corrected chi connectivity index (χ4v) is 6.83. The predicted octanol–water partition coefficient (Wildman–Crippen LogP) is 7.27. The average Bonchev–Trinajstić information content (AvgIpc) is 3.41. The Kier molecular flexibility index (Phi) is 10.2. The van der Waals surface area contributed by atoms with Crippen molar-refractivity contribution in [3.05, 3.63) is 111 Å². The number of imidazole rings is 1. The molecule has 0 spiro atoms. The second-order valence-electron chi connectivity index (χ2n) is 12.0. The summed E-state index contributed by atoms with van der Waals surface area (Å²) in [6.07, 6.45) is 4.18. The number of carbonyl (C=O) groups is 2. The highest BCUT2D eigenvalue weighted by molar-refractivity contribution is 7.90. The van der Waals surface area contributed by atoms with Crippen molar-refractivity contribution in [3.8, 4) is 16.8 Å². The molecule has 0 aliphatic carbocycles. The van der Waals surface area contributed by atoms with Crippen molar-refractivity contribution in [2.24, 2.45) is 0 Å². The first-order valence-corrected chi connectivity index (χ1v) is 16.8. The molecule has 4 rings (SSSR count). The molecule has 1 heterocycles. The van der Waals surface area contributed by atoms with Crippen LogP contribution in [0.25, 0.3) is 16.8 Å². The lowest BCUT2D eigenvalue weighted by molar-refractivity contribution is -0.139. The van der Waals surface area contributed by atoms with E-state index >= 15 is 8.78 Å². The fourth-order valence-electron chi connectivity index (χ4n) is 5.01. The van der Waals surface area contributed by atoms with Crippen LogP contribution in [0.3, 0.4) is 0 Å². The van der Waals surface area contributed by atoms with Gasteiger partial charge < -0.3 is 9.84 Å². The summed E-state index contributed by atoms with van der Waals surface area (Å²) < 4.78 is 63.1. The topological polar surface area (TPSA) is 116 Å². The van der Waals surface area contributed by atoms with Crippen molar-refractivity contribution in [1.82, 2.24) is 9.55 Å². The smallest absolute Gasteiger partial charge is 0.331 e. The highest BCUT2D eigenvalue weighted by atomic mass is 35.5. The molecule has 4 aromatic rings. The quantitative estimate of drug-likeness (QED) is 0.136. The van der Waals surface area contributed by atoms with Crippen LogP contribution in [0.1, 0.15) is 57.3 Å². The van der Waals surface area contributed by atoms with E-state index < -0.39 is 61.3 Å². The summed E-state index contributed by atoms with van der Waals surface area (Å²) in [5, 5.41) is 11.5. The molecule has 0 unspecified atom stereocenters. The maximum absolute atomic E-state index is 16.0. The van der Waals surface area contributed by atoms with Crippen molar-refractivity contribution in [2.45, 2.75) is 57.1 Å². The van der Waals surface area contributed by atoms with Crippen molar-refractivity contribution in [2.75, 3.05) is 6.26 Å². The zero-order chi connectivity index (χ0) is 35.1. The van der Waals surface area contributed by atoms with Gasteiger partial charge >= 0.3 is 5.97 Å². The van der Waals surface area contributed by atoms with Crippen LogP contribution in [0, 0.1) is 11.6 Å². The number of allylic oxidation sites excluding steroid dienone is 1. The number of hydrogen-bond acceptors (Lipinski definition) is 7. The molecular weight excluding hydrogens is 673 g/mol. The summed E-state index contributed by atoms with van der Waals surface area (Å²) in [7, 11) is -4.04. The van der Waals surface area contributed by atoms with E-state index in [4.69, 9.17) is 27.9 Å². The molecule has 0 atom stereocenters. The van der Waals surface area contributed by atoms with Gasteiger partial charge in [0.1, 0.15) is 29.7 Å². The molecule has 1 N–H and O–H groups in total. The molecule has 0 amide bonds. The monoisotopic (exact) mass is 704 g/mol. The Morgan fingerprint density at radius 3 is 2.15 bits per heavy atom. The number of aliphatic hydroxyl groups is 1. The third-order valence-electron chi connectivity index (χ3n) is 7.39. The van der Waals surface area contributed by atoms with Gasteiger partial charge in [0.15, 0.2) is 15.6 Å². The third-order valence-corrected chi connectivity index (χ3v) is 9.18. The third kappa shape index (κ3) is 7.81. The molecule has 47 heavy (non-hydrogen) atoms. The Morgan fingerprint density at radius 1 is 0.979 bits per heavy atom. The Hall–Kier alpha value is -3.90. The summed E-state index contributed by atoms with van der Waals surface area (Å²) in [4.78, 5) is 27.2. The Bertz CT molecular complexity index is 2010.